The van der Waals surface area contributed by atoms with Gasteiger partial charge < -0.3 is 19.2 Å². The maximum Gasteiger partial charge on any atom is 0.255 e. The Hall–Kier alpha value is -4.04. The number of ether oxygens (including phenoxy) is 2. The second-order valence-corrected chi connectivity index (χ2v) is 7.01. The van der Waals surface area contributed by atoms with Crippen LogP contribution < -0.4 is 10.1 Å². The number of nitrogens with one attached hydrogen (secondary N) is 1. The van der Waals surface area contributed by atoms with Gasteiger partial charge in [0, 0.05) is 30.0 Å². The molecule has 0 spiro atoms. The largest absolute Gasteiger partial charge is 0.474 e. The van der Waals surface area contributed by atoms with Crippen LogP contribution in [0.15, 0.2) is 71.3 Å². The Labute approximate surface area is 185 Å². The quantitative estimate of drug-likeness (QED) is 0.414. The van der Waals surface area contributed by atoms with E-state index in [1.54, 1.807) is 49.7 Å². The number of amides is 1. The smallest absolute Gasteiger partial charge is 0.255 e. The summed E-state index contributed by atoms with van der Waals surface area (Å²) in [6, 6.07) is 18.2. The van der Waals surface area contributed by atoms with Crippen LogP contribution in [-0.4, -0.2) is 41.4 Å². The maximum atomic E-state index is 12.7. The number of pyridine rings is 1. The van der Waals surface area contributed by atoms with Crippen molar-refractivity contribution in [1.82, 2.24) is 15.2 Å². The molecule has 2 aromatic carbocycles. The van der Waals surface area contributed by atoms with Gasteiger partial charge in [-0.1, -0.05) is 17.7 Å². The Morgan fingerprint density at radius 2 is 1.75 bits per heavy atom. The molecule has 0 fully saturated rings. The standard InChI is InChI=1S/C24H22N4O4/c1-16-5-3-6-19(15-16)23-28-27-22(32-23)18-10-8-17(9-11-18)21(29)26-20-7-4-12-25-24(20)31-14-13-30-2/h3-12,15H,13-14H2,1-2H3,(H,26,29). The first-order valence-electron chi connectivity index (χ1n) is 10.0. The lowest BCUT2D eigenvalue weighted by atomic mass is 10.1. The van der Waals surface area contributed by atoms with Crippen molar-refractivity contribution >= 4 is 11.6 Å². The Bertz CT molecular complexity index is 1200. The first-order valence-corrected chi connectivity index (χ1v) is 10.0. The molecule has 162 valence electrons. The van der Waals surface area contributed by atoms with Gasteiger partial charge in [0.05, 0.1) is 6.61 Å². The molecular formula is C24H22N4O4. The zero-order valence-electron chi connectivity index (χ0n) is 17.7. The number of methoxy groups -OCH3 is 1. The van der Waals surface area contributed by atoms with Crippen molar-refractivity contribution in [1.29, 1.82) is 0 Å². The van der Waals surface area contributed by atoms with Gasteiger partial charge >= 0.3 is 0 Å². The molecule has 8 nitrogen and oxygen atoms in total. The molecule has 4 rings (SSSR count). The highest BCUT2D eigenvalue weighted by molar-refractivity contribution is 6.05. The third kappa shape index (κ3) is 4.98. The molecular weight excluding hydrogens is 408 g/mol. The molecule has 0 aliphatic carbocycles. The number of nitrogens with zero attached hydrogens (tertiary/aromatic N) is 3. The van der Waals surface area contributed by atoms with Gasteiger partial charge in [0.2, 0.25) is 17.7 Å². The summed E-state index contributed by atoms with van der Waals surface area (Å²) in [6.07, 6.45) is 1.60. The van der Waals surface area contributed by atoms with Gasteiger partial charge in [-0.15, -0.1) is 10.2 Å². The van der Waals surface area contributed by atoms with Crippen molar-refractivity contribution in [2.45, 2.75) is 6.92 Å². The molecule has 32 heavy (non-hydrogen) atoms. The Morgan fingerprint density at radius 3 is 2.50 bits per heavy atom. The van der Waals surface area contributed by atoms with Crippen LogP contribution in [0.25, 0.3) is 22.9 Å². The van der Waals surface area contributed by atoms with Gasteiger partial charge in [0.15, 0.2) is 0 Å². The predicted molar refractivity (Wildman–Crippen MR) is 119 cm³/mol. The summed E-state index contributed by atoms with van der Waals surface area (Å²) >= 11 is 0. The minimum Gasteiger partial charge on any atom is -0.474 e. The molecule has 0 atom stereocenters. The van der Waals surface area contributed by atoms with E-state index in [-0.39, 0.29) is 5.91 Å². The third-order valence-corrected chi connectivity index (χ3v) is 4.63. The summed E-state index contributed by atoms with van der Waals surface area (Å²) in [5, 5.41) is 11.1. The molecule has 8 heteroatoms. The van der Waals surface area contributed by atoms with Crippen LogP contribution in [0.5, 0.6) is 5.88 Å². The molecule has 1 amide bonds. The fourth-order valence-electron chi connectivity index (χ4n) is 3.02. The number of benzene rings is 2. The summed E-state index contributed by atoms with van der Waals surface area (Å²) in [7, 11) is 1.59. The Morgan fingerprint density at radius 1 is 0.969 bits per heavy atom. The topological polar surface area (TPSA) is 99.4 Å². The fraction of sp³-hybridized carbons (Fsp3) is 0.167. The van der Waals surface area contributed by atoms with E-state index in [4.69, 9.17) is 13.9 Å². The van der Waals surface area contributed by atoms with Crippen LogP contribution in [0.1, 0.15) is 15.9 Å². The monoisotopic (exact) mass is 430 g/mol. The molecule has 0 bridgehead atoms. The van der Waals surface area contributed by atoms with Crippen molar-refractivity contribution < 1.29 is 18.7 Å². The van der Waals surface area contributed by atoms with Gasteiger partial charge in [-0.3, -0.25) is 4.79 Å². The Kier molecular flexibility index (Phi) is 6.52. The number of hydrogen-bond acceptors (Lipinski definition) is 7. The zero-order chi connectivity index (χ0) is 22.3. The molecule has 0 saturated heterocycles. The molecule has 1 N–H and O–H groups in total. The van der Waals surface area contributed by atoms with Crippen LogP contribution >= 0.6 is 0 Å². The number of rotatable bonds is 8. The summed E-state index contributed by atoms with van der Waals surface area (Å²) < 4.78 is 16.3. The van der Waals surface area contributed by atoms with Gasteiger partial charge in [0.1, 0.15) is 12.3 Å². The number of carbonyl (C=O) groups is 1. The first-order chi connectivity index (χ1) is 15.6. The minimum absolute atomic E-state index is 0.285. The van der Waals surface area contributed by atoms with Gasteiger partial charge in [-0.05, 0) is 55.5 Å². The number of carbonyl (C=O) groups excluding carboxylic acids is 1. The van der Waals surface area contributed by atoms with Crippen LogP contribution in [0.2, 0.25) is 0 Å². The van der Waals surface area contributed by atoms with Crippen LogP contribution in [0.4, 0.5) is 5.69 Å². The predicted octanol–water partition coefficient (Wildman–Crippen LogP) is 4.38. The van der Waals surface area contributed by atoms with E-state index in [0.29, 0.717) is 42.1 Å². The average Bonchev–Trinajstić information content (AvgIpc) is 3.31. The summed E-state index contributed by atoms with van der Waals surface area (Å²) in [5.41, 5.74) is 3.65. The first kappa shape index (κ1) is 21.2. The van der Waals surface area contributed by atoms with Crippen molar-refractivity contribution in [3.8, 4) is 28.8 Å². The van der Waals surface area contributed by atoms with Gasteiger partial charge in [-0.25, -0.2) is 4.98 Å². The second-order valence-electron chi connectivity index (χ2n) is 7.01. The van der Waals surface area contributed by atoms with E-state index in [1.807, 2.05) is 31.2 Å². The average molecular weight is 430 g/mol. The highest BCUT2D eigenvalue weighted by atomic mass is 16.5. The molecule has 0 radical (unpaired) electrons. The van der Waals surface area contributed by atoms with Gasteiger partial charge in [0.25, 0.3) is 5.91 Å². The van der Waals surface area contributed by atoms with E-state index in [0.717, 1.165) is 16.7 Å². The SMILES string of the molecule is COCCOc1ncccc1NC(=O)c1ccc(-c2nnc(-c3cccc(C)c3)o2)cc1. The highest BCUT2D eigenvalue weighted by Gasteiger charge is 2.14. The van der Waals surface area contributed by atoms with Crippen LogP contribution in [-0.2, 0) is 4.74 Å². The van der Waals surface area contributed by atoms with E-state index in [9.17, 15) is 4.79 Å². The molecule has 0 aliphatic rings. The van der Waals surface area contributed by atoms with Crippen molar-refractivity contribution in [2.75, 3.05) is 25.6 Å². The lowest BCUT2D eigenvalue weighted by molar-refractivity contribution is 0.102. The second kappa shape index (κ2) is 9.84. The summed E-state index contributed by atoms with van der Waals surface area (Å²) in [4.78, 5) is 16.9. The summed E-state index contributed by atoms with van der Waals surface area (Å²) in [5.74, 6) is 0.883. The molecule has 0 unspecified atom stereocenters. The normalized spacial score (nSPS) is 10.7. The van der Waals surface area contributed by atoms with E-state index in [2.05, 4.69) is 20.5 Å². The molecule has 0 aliphatic heterocycles. The lowest BCUT2D eigenvalue weighted by Crippen LogP contribution is -2.14. The number of aromatic nitrogens is 3. The van der Waals surface area contributed by atoms with Crippen LogP contribution in [0, 0.1) is 6.92 Å². The zero-order valence-corrected chi connectivity index (χ0v) is 17.7. The molecule has 4 aromatic rings. The Balaban J connectivity index is 1.46. The van der Waals surface area contributed by atoms with E-state index < -0.39 is 0 Å². The number of aryl methyl sites for hydroxylation is 1. The van der Waals surface area contributed by atoms with Crippen molar-refractivity contribution in [2.24, 2.45) is 0 Å². The van der Waals surface area contributed by atoms with Crippen molar-refractivity contribution in [3.05, 3.63) is 78.0 Å². The molecule has 0 saturated carbocycles. The number of anilines is 1. The number of hydrogen-bond donors (Lipinski definition) is 1. The van der Waals surface area contributed by atoms with E-state index >= 15 is 0 Å². The maximum absolute atomic E-state index is 12.7. The molecule has 2 aromatic heterocycles. The van der Waals surface area contributed by atoms with Gasteiger partial charge in [-0.2, -0.15) is 0 Å². The lowest BCUT2D eigenvalue weighted by Gasteiger charge is -2.11. The van der Waals surface area contributed by atoms with Crippen LogP contribution in [0.3, 0.4) is 0 Å². The summed E-state index contributed by atoms with van der Waals surface area (Å²) in [6.45, 7) is 2.76. The third-order valence-electron chi connectivity index (χ3n) is 4.63. The van der Waals surface area contributed by atoms with E-state index in [1.165, 1.54) is 0 Å². The fourth-order valence-corrected chi connectivity index (χ4v) is 3.02. The van der Waals surface area contributed by atoms with Crippen molar-refractivity contribution in [3.63, 3.8) is 0 Å². The minimum atomic E-state index is -0.285. The molecule has 2 heterocycles. The highest BCUT2D eigenvalue weighted by Crippen LogP contribution is 2.25.